The molecular formula is C15H15N3O. The fraction of sp³-hybridized carbons (Fsp3) is 0.267. The summed E-state index contributed by atoms with van der Waals surface area (Å²) < 4.78 is 5.68. The van der Waals surface area contributed by atoms with E-state index in [2.05, 4.69) is 23.2 Å². The van der Waals surface area contributed by atoms with Gasteiger partial charge in [-0.25, -0.2) is 0 Å². The van der Waals surface area contributed by atoms with Crippen molar-refractivity contribution in [3.05, 3.63) is 46.6 Å². The van der Waals surface area contributed by atoms with Crippen LogP contribution < -0.4 is 4.74 Å². The molecule has 4 nitrogen and oxygen atoms in total. The van der Waals surface area contributed by atoms with Crippen molar-refractivity contribution in [2.24, 2.45) is 0 Å². The molecule has 0 amide bonds. The summed E-state index contributed by atoms with van der Waals surface area (Å²) in [6.45, 7) is 5.75. The Kier molecular flexibility index (Phi) is 3.76. The number of benzene rings is 1. The molecule has 0 aliphatic carbocycles. The minimum atomic E-state index is 0.263. The molecule has 4 heteroatoms. The average Bonchev–Trinajstić information content (AvgIpc) is 2.43. The SMILES string of the molecule is CCc1cccc(Oc2nnc(C)c(C)c2C#N)c1. The highest BCUT2D eigenvalue weighted by Gasteiger charge is 2.12. The Morgan fingerprint density at radius 2 is 2.05 bits per heavy atom. The normalized spacial score (nSPS) is 10.0. The summed E-state index contributed by atoms with van der Waals surface area (Å²) in [6, 6.07) is 9.87. The lowest BCUT2D eigenvalue weighted by molar-refractivity contribution is 0.451. The van der Waals surface area contributed by atoms with Gasteiger partial charge in [0.1, 0.15) is 17.4 Å². The van der Waals surface area contributed by atoms with Gasteiger partial charge in [-0.15, -0.1) is 5.10 Å². The summed E-state index contributed by atoms with van der Waals surface area (Å²) in [6.07, 6.45) is 0.931. The van der Waals surface area contributed by atoms with Crippen molar-refractivity contribution in [2.45, 2.75) is 27.2 Å². The Balaban J connectivity index is 2.38. The second kappa shape index (κ2) is 5.49. The standard InChI is InChI=1S/C15H15N3O/c1-4-12-6-5-7-13(8-12)19-15-14(9-16)10(2)11(3)17-18-15/h5-8H,4H2,1-3H3. The van der Waals surface area contributed by atoms with E-state index < -0.39 is 0 Å². The van der Waals surface area contributed by atoms with Crippen LogP contribution in [-0.4, -0.2) is 10.2 Å². The van der Waals surface area contributed by atoms with Gasteiger partial charge >= 0.3 is 0 Å². The smallest absolute Gasteiger partial charge is 0.257 e. The van der Waals surface area contributed by atoms with Crippen LogP contribution in [0.5, 0.6) is 11.6 Å². The van der Waals surface area contributed by atoms with Crippen molar-refractivity contribution in [1.82, 2.24) is 10.2 Å². The number of rotatable bonds is 3. The van der Waals surface area contributed by atoms with Crippen LogP contribution in [0.3, 0.4) is 0 Å². The molecule has 0 bridgehead atoms. The van der Waals surface area contributed by atoms with E-state index in [1.54, 1.807) is 0 Å². The van der Waals surface area contributed by atoms with Gasteiger partial charge in [0, 0.05) is 0 Å². The fourth-order valence-corrected chi connectivity index (χ4v) is 1.73. The van der Waals surface area contributed by atoms with Crippen LogP contribution in [0.1, 0.15) is 29.3 Å². The lowest BCUT2D eigenvalue weighted by Gasteiger charge is -2.09. The molecule has 0 atom stereocenters. The highest BCUT2D eigenvalue weighted by atomic mass is 16.5. The molecular weight excluding hydrogens is 238 g/mol. The van der Waals surface area contributed by atoms with Gasteiger partial charge in [0.05, 0.1) is 5.69 Å². The van der Waals surface area contributed by atoms with E-state index in [4.69, 9.17) is 4.74 Å². The predicted octanol–water partition coefficient (Wildman–Crippen LogP) is 3.32. The second-order valence-electron chi connectivity index (χ2n) is 4.31. The first-order valence-electron chi connectivity index (χ1n) is 6.16. The molecule has 0 saturated heterocycles. The highest BCUT2D eigenvalue weighted by molar-refractivity contribution is 5.46. The molecule has 0 saturated carbocycles. The molecule has 0 fully saturated rings. The molecule has 0 aliphatic rings. The zero-order chi connectivity index (χ0) is 13.8. The van der Waals surface area contributed by atoms with Crippen molar-refractivity contribution in [3.63, 3.8) is 0 Å². The monoisotopic (exact) mass is 253 g/mol. The zero-order valence-corrected chi connectivity index (χ0v) is 11.3. The zero-order valence-electron chi connectivity index (χ0n) is 11.3. The van der Waals surface area contributed by atoms with Gasteiger partial charge in [-0.2, -0.15) is 10.4 Å². The van der Waals surface area contributed by atoms with Crippen LogP contribution in [0.4, 0.5) is 0 Å². The lowest BCUT2D eigenvalue weighted by atomic mass is 10.1. The molecule has 0 N–H and O–H groups in total. The van der Waals surface area contributed by atoms with Gasteiger partial charge < -0.3 is 4.74 Å². The topological polar surface area (TPSA) is 58.8 Å². The van der Waals surface area contributed by atoms with Crippen LogP contribution in [-0.2, 0) is 6.42 Å². The molecule has 0 spiro atoms. The van der Waals surface area contributed by atoms with E-state index in [-0.39, 0.29) is 5.88 Å². The first-order chi connectivity index (χ1) is 9.15. The maximum absolute atomic E-state index is 9.20. The summed E-state index contributed by atoms with van der Waals surface area (Å²) in [4.78, 5) is 0. The molecule has 1 aromatic carbocycles. The number of aryl methyl sites for hydroxylation is 2. The number of hydrogen-bond acceptors (Lipinski definition) is 4. The number of ether oxygens (including phenoxy) is 1. The van der Waals surface area contributed by atoms with Crippen LogP contribution in [0.2, 0.25) is 0 Å². The quantitative estimate of drug-likeness (QED) is 0.841. The lowest BCUT2D eigenvalue weighted by Crippen LogP contribution is -2.00. The summed E-state index contributed by atoms with van der Waals surface area (Å²) in [5, 5.41) is 17.2. The van der Waals surface area contributed by atoms with Crippen molar-refractivity contribution < 1.29 is 4.74 Å². The third kappa shape index (κ3) is 2.71. The van der Waals surface area contributed by atoms with Gasteiger partial charge in [0.15, 0.2) is 0 Å². The third-order valence-electron chi connectivity index (χ3n) is 3.06. The van der Waals surface area contributed by atoms with Crippen molar-refractivity contribution >= 4 is 0 Å². The third-order valence-corrected chi connectivity index (χ3v) is 3.06. The maximum Gasteiger partial charge on any atom is 0.257 e. The van der Waals surface area contributed by atoms with Gasteiger partial charge in [-0.1, -0.05) is 19.1 Å². The Hall–Kier alpha value is -2.41. The van der Waals surface area contributed by atoms with Gasteiger partial charge in [-0.05, 0) is 43.5 Å². The van der Waals surface area contributed by atoms with Gasteiger partial charge in [0.25, 0.3) is 5.88 Å². The van der Waals surface area contributed by atoms with E-state index in [1.165, 1.54) is 5.56 Å². The van der Waals surface area contributed by atoms with E-state index in [0.717, 1.165) is 17.7 Å². The average molecular weight is 253 g/mol. The second-order valence-corrected chi connectivity index (χ2v) is 4.31. The van der Waals surface area contributed by atoms with Crippen LogP contribution in [0.25, 0.3) is 0 Å². The van der Waals surface area contributed by atoms with E-state index in [9.17, 15) is 5.26 Å². The van der Waals surface area contributed by atoms with Crippen LogP contribution >= 0.6 is 0 Å². The Morgan fingerprint density at radius 1 is 1.26 bits per heavy atom. The Morgan fingerprint density at radius 3 is 2.74 bits per heavy atom. The molecule has 0 unspecified atom stereocenters. The molecule has 1 heterocycles. The summed E-state index contributed by atoms with van der Waals surface area (Å²) >= 11 is 0. The summed E-state index contributed by atoms with van der Waals surface area (Å²) in [5.74, 6) is 0.937. The minimum absolute atomic E-state index is 0.263. The molecule has 0 radical (unpaired) electrons. The Bertz CT molecular complexity index is 644. The van der Waals surface area contributed by atoms with Crippen molar-refractivity contribution in [1.29, 1.82) is 5.26 Å². The van der Waals surface area contributed by atoms with Gasteiger partial charge in [0.2, 0.25) is 0 Å². The predicted molar refractivity (Wildman–Crippen MR) is 72.1 cm³/mol. The minimum Gasteiger partial charge on any atom is -0.437 e. The number of nitrogens with zero attached hydrogens (tertiary/aromatic N) is 3. The molecule has 19 heavy (non-hydrogen) atoms. The fourth-order valence-electron chi connectivity index (χ4n) is 1.73. The van der Waals surface area contributed by atoms with Crippen molar-refractivity contribution in [3.8, 4) is 17.7 Å². The maximum atomic E-state index is 9.20. The molecule has 96 valence electrons. The number of hydrogen-bond donors (Lipinski definition) is 0. The largest absolute Gasteiger partial charge is 0.437 e. The number of nitriles is 1. The first-order valence-corrected chi connectivity index (χ1v) is 6.16. The summed E-state index contributed by atoms with van der Waals surface area (Å²) in [5.41, 5.74) is 3.16. The van der Waals surface area contributed by atoms with E-state index in [1.807, 2.05) is 38.1 Å². The van der Waals surface area contributed by atoms with E-state index in [0.29, 0.717) is 11.3 Å². The first kappa shape index (κ1) is 13.0. The van der Waals surface area contributed by atoms with Crippen LogP contribution in [0, 0.1) is 25.2 Å². The van der Waals surface area contributed by atoms with Gasteiger partial charge in [-0.3, -0.25) is 0 Å². The molecule has 2 aromatic rings. The molecule has 2 rings (SSSR count). The molecule has 1 aromatic heterocycles. The van der Waals surface area contributed by atoms with E-state index >= 15 is 0 Å². The highest BCUT2D eigenvalue weighted by Crippen LogP contribution is 2.25. The summed E-state index contributed by atoms with van der Waals surface area (Å²) in [7, 11) is 0. The Labute approximate surface area is 112 Å². The molecule has 0 aliphatic heterocycles. The number of aromatic nitrogens is 2. The van der Waals surface area contributed by atoms with Crippen LogP contribution in [0.15, 0.2) is 24.3 Å². The van der Waals surface area contributed by atoms with Crippen molar-refractivity contribution in [2.75, 3.05) is 0 Å².